The van der Waals surface area contributed by atoms with Crippen LogP contribution in [0.3, 0.4) is 0 Å². The molecule has 2 aliphatic rings. The molecular weight excluding hydrogens is 124 g/mol. The first-order valence-corrected chi connectivity index (χ1v) is 3.81. The van der Waals surface area contributed by atoms with Crippen LogP contribution in [0.25, 0.3) is 0 Å². The van der Waals surface area contributed by atoms with Crippen LogP contribution in [0.1, 0.15) is 19.8 Å². The molecule has 54 valence electrons. The molecule has 0 spiro atoms. The van der Waals surface area contributed by atoms with E-state index in [0.29, 0.717) is 5.41 Å². The molecule has 0 aromatic heterocycles. The van der Waals surface area contributed by atoms with Crippen LogP contribution in [0.4, 0.5) is 0 Å². The highest BCUT2D eigenvalue weighted by molar-refractivity contribution is 5.23. The molecule has 1 heteroatoms. The quantitative estimate of drug-likeness (QED) is 0.496. The van der Waals surface area contributed by atoms with Crippen molar-refractivity contribution in [2.75, 3.05) is 6.61 Å². The van der Waals surface area contributed by atoms with Gasteiger partial charge in [-0.3, -0.25) is 0 Å². The number of fused-ring (bicyclic) bond motifs is 1. The van der Waals surface area contributed by atoms with E-state index in [1.54, 1.807) is 0 Å². The molecular formula is C9H12O. The van der Waals surface area contributed by atoms with Gasteiger partial charge in [0.2, 0.25) is 0 Å². The lowest BCUT2D eigenvalue weighted by molar-refractivity contribution is 0.245. The average Bonchev–Trinajstić information content (AvgIpc) is 2.29. The van der Waals surface area contributed by atoms with Crippen molar-refractivity contribution in [2.24, 2.45) is 5.41 Å². The van der Waals surface area contributed by atoms with Crippen molar-refractivity contribution >= 4 is 0 Å². The molecule has 0 amide bonds. The van der Waals surface area contributed by atoms with E-state index in [2.05, 4.69) is 25.2 Å². The van der Waals surface area contributed by atoms with Crippen molar-refractivity contribution < 1.29 is 4.74 Å². The molecule has 1 nitrogen and oxygen atoms in total. The number of ether oxygens (including phenoxy) is 1. The molecule has 1 aliphatic carbocycles. The van der Waals surface area contributed by atoms with E-state index >= 15 is 0 Å². The minimum atomic E-state index is 0.342. The van der Waals surface area contributed by atoms with Gasteiger partial charge in [-0.2, -0.15) is 0 Å². The van der Waals surface area contributed by atoms with Crippen LogP contribution in [-0.4, -0.2) is 6.61 Å². The Morgan fingerprint density at radius 3 is 3.30 bits per heavy atom. The molecule has 0 saturated carbocycles. The standard InChI is InChI=1S/C9H12O/c1-9-5-3-2-4-8(9)10-7-6-9/h2-4H,5-7H2,1H3. The molecule has 10 heavy (non-hydrogen) atoms. The van der Waals surface area contributed by atoms with Crippen LogP contribution in [0, 0.1) is 5.41 Å². The second kappa shape index (κ2) is 1.88. The van der Waals surface area contributed by atoms with Crippen LogP contribution >= 0.6 is 0 Å². The normalized spacial score (nSPS) is 36.7. The lowest BCUT2D eigenvalue weighted by Gasteiger charge is -2.23. The molecule has 0 aromatic carbocycles. The second-order valence-electron chi connectivity index (χ2n) is 3.32. The first-order chi connectivity index (χ1) is 4.81. The predicted octanol–water partition coefficient (Wildman–Crippen LogP) is 2.26. The fourth-order valence-electron chi connectivity index (χ4n) is 1.62. The molecule has 0 N–H and O–H groups in total. The highest BCUT2D eigenvalue weighted by atomic mass is 16.5. The maximum atomic E-state index is 5.47. The summed E-state index contributed by atoms with van der Waals surface area (Å²) in [6.45, 7) is 3.18. The van der Waals surface area contributed by atoms with Crippen molar-refractivity contribution in [3.05, 3.63) is 24.0 Å². The van der Waals surface area contributed by atoms with Crippen molar-refractivity contribution in [1.29, 1.82) is 0 Å². The van der Waals surface area contributed by atoms with Gasteiger partial charge >= 0.3 is 0 Å². The lowest BCUT2D eigenvalue weighted by Crippen LogP contribution is -2.14. The molecule has 1 heterocycles. The molecule has 1 saturated heterocycles. The molecule has 2 rings (SSSR count). The Kier molecular flexibility index (Phi) is 1.13. The molecule has 0 bridgehead atoms. The zero-order valence-corrected chi connectivity index (χ0v) is 6.26. The fourth-order valence-corrected chi connectivity index (χ4v) is 1.62. The summed E-state index contributed by atoms with van der Waals surface area (Å²) in [5.41, 5.74) is 0.342. The Morgan fingerprint density at radius 1 is 1.60 bits per heavy atom. The van der Waals surface area contributed by atoms with Gasteiger partial charge in [0.1, 0.15) is 5.76 Å². The van der Waals surface area contributed by atoms with Crippen LogP contribution < -0.4 is 0 Å². The molecule has 0 radical (unpaired) electrons. The Hall–Kier alpha value is -0.720. The monoisotopic (exact) mass is 136 g/mol. The molecule has 1 atom stereocenters. The molecule has 0 aromatic rings. The largest absolute Gasteiger partial charge is 0.497 e. The third-order valence-electron chi connectivity index (χ3n) is 2.46. The summed E-state index contributed by atoms with van der Waals surface area (Å²) in [6.07, 6.45) is 8.74. The minimum absolute atomic E-state index is 0.342. The summed E-state index contributed by atoms with van der Waals surface area (Å²) >= 11 is 0. The molecule has 1 aliphatic heterocycles. The zero-order valence-electron chi connectivity index (χ0n) is 6.26. The number of hydrogen-bond donors (Lipinski definition) is 0. The summed E-state index contributed by atoms with van der Waals surface area (Å²) in [5, 5.41) is 0. The van der Waals surface area contributed by atoms with Crippen LogP contribution in [0.2, 0.25) is 0 Å². The van der Waals surface area contributed by atoms with Crippen molar-refractivity contribution in [3.63, 3.8) is 0 Å². The number of rotatable bonds is 0. The highest BCUT2D eigenvalue weighted by Crippen LogP contribution is 2.42. The maximum absolute atomic E-state index is 5.47. The van der Waals surface area contributed by atoms with Gasteiger partial charge in [-0.25, -0.2) is 0 Å². The van der Waals surface area contributed by atoms with Gasteiger partial charge in [-0.05, 0) is 18.9 Å². The van der Waals surface area contributed by atoms with E-state index in [1.807, 2.05) is 0 Å². The van der Waals surface area contributed by atoms with E-state index in [-0.39, 0.29) is 0 Å². The van der Waals surface area contributed by atoms with E-state index in [4.69, 9.17) is 4.74 Å². The molecule has 1 fully saturated rings. The van der Waals surface area contributed by atoms with Gasteiger partial charge < -0.3 is 4.74 Å². The smallest absolute Gasteiger partial charge is 0.102 e. The minimum Gasteiger partial charge on any atom is -0.497 e. The SMILES string of the molecule is CC12CC=CC=C1OCC2. The first-order valence-electron chi connectivity index (χ1n) is 3.81. The fraction of sp³-hybridized carbons (Fsp3) is 0.556. The molecule has 1 unspecified atom stereocenters. The van der Waals surface area contributed by atoms with Gasteiger partial charge in [0.15, 0.2) is 0 Å². The number of allylic oxidation sites excluding steroid dienone is 4. The van der Waals surface area contributed by atoms with E-state index in [0.717, 1.165) is 13.0 Å². The van der Waals surface area contributed by atoms with Gasteiger partial charge in [-0.1, -0.05) is 19.1 Å². The van der Waals surface area contributed by atoms with Crippen LogP contribution in [0.15, 0.2) is 24.0 Å². The van der Waals surface area contributed by atoms with Crippen molar-refractivity contribution in [3.8, 4) is 0 Å². The van der Waals surface area contributed by atoms with E-state index in [1.165, 1.54) is 12.2 Å². The Bertz CT molecular complexity index is 203. The van der Waals surface area contributed by atoms with Gasteiger partial charge in [0.05, 0.1) is 6.61 Å². The van der Waals surface area contributed by atoms with Crippen molar-refractivity contribution in [2.45, 2.75) is 19.8 Å². The van der Waals surface area contributed by atoms with Crippen molar-refractivity contribution in [1.82, 2.24) is 0 Å². The summed E-state index contributed by atoms with van der Waals surface area (Å²) in [4.78, 5) is 0. The predicted molar refractivity (Wildman–Crippen MR) is 40.5 cm³/mol. The van der Waals surface area contributed by atoms with Gasteiger partial charge in [-0.15, -0.1) is 0 Å². The first kappa shape index (κ1) is 6.02. The third-order valence-corrected chi connectivity index (χ3v) is 2.46. The van der Waals surface area contributed by atoms with E-state index in [9.17, 15) is 0 Å². The topological polar surface area (TPSA) is 9.23 Å². The van der Waals surface area contributed by atoms with Gasteiger partial charge in [0.25, 0.3) is 0 Å². The average molecular weight is 136 g/mol. The maximum Gasteiger partial charge on any atom is 0.102 e. The lowest BCUT2D eigenvalue weighted by atomic mass is 9.81. The Balaban J connectivity index is 2.34. The summed E-state index contributed by atoms with van der Waals surface area (Å²) < 4.78 is 5.47. The Labute approximate surface area is 61.4 Å². The third kappa shape index (κ3) is 0.698. The summed E-state index contributed by atoms with van der Waals surface area (Å²) in [5.74, 6) is 1.19. The van der Waals surface area contributed by atoms with E-state index < -0.39 is 0 Å². The number of hydrogen-bond acceptors (Lipinski definition) is 1. The van der Waals surface area contributed by atoms with Crippen LogP contribution in [-0.2, 0) is 4.74 Å². The van der Waals surface area contributed by atoms with Crippen LogP contribution in [0.5, 0.6) is 0 Å². The highest BCUT2D eigenvalue weighted by Gasteiger charge is 2.35. The zero-order chi connectivity index (χ0) is 7.03. The Morgan fingerprint density at radius 2 is 2.50 bits per heavy atom. The van der Waals surface area contributed by atoms with Gasteiger partial charge in [0, 0.05) is 5.41 Å². The summed E-state index contributed by atoms with van der Waals surface area (Å²) in [7, 11) is 0. The second-order valence-corrected chi connectivity index (χ2v) is 3.32. The summed E-state index contributed by atoms with van der Waals surface area (Å²) in [6, 6.07) is 0.